The highest BCUT2D eigenvalue weighted by Gasteiger charge is 2.05. The molecule has 98 valence electrons. The first-order valence-electron chi connectivity index (χ1n) is 6.08. The van der Waals surface area contributed by atoms with Crippen molar-refractivity contribution < 1.29 is 4.39 Å². The molecule has 0 fully saturated rings. The molecular formula is C13H13FN4S. The van der Waals surface area contributed by atoms with Crippen LogP contribution in [-0.2, 0) is 13.0 Å². The maximum atomic E-state index is 13.0. The number of nitrogens with one attached hydrogen (secondary N) is 1. The van der Waals surface area contributed by atoms with E-state index in [1.807, 2.05) is 0 Å². The first-order valence-corrected chi connectivity index (χ1v) is 6.89. The summed E-state index contributed by atoms with van der Waals surface area (Å²) in [5.74, 6) is 0.187. The zero-order valence-corrected chi connectivity index (χ0v) is 11.2. The fourth-order valence-corrected chi connectivity index (χ4v) is 2.70. The highest BCUT2D eigenvalue weighted by molar-refractivity contribution is 7.12. The average Bonchev–Trinajstić information content (AvgIpc) is 3.01. The Labute approximate surface area is 113 Å². The van der Waals surface area contributed by atoms with Gasteiger partial charge in [-0.2, -0.15) is 4.98 Å². The number of thiophene rings is 1. The Kier molecular flexibility index (Phi) is 3.16. The number of pyridine rings is 1. The highest BCUT2D eigenvalue weighted by atomic mass is 32.1. The third-order valence-electron chi connectivity index (χ3n) is 2.78. The van der Waals surface area contributed by atoms with Crippen LogP contribution >= 0.6 is 11.3 Å². The summed E-state index contributed by atoms with van der Waals surface area (Å²) < 4.78 is 14.5. The molecule has 6 heteroatoms. The molecule has 0 aliphatic rings. The molecule has 0 amide bonds. The van der Waals surface area contributed by atoms with Crippen LogP contribution < -0.4 is 5.32 Å². The molecule has 0 saturated carbocycles. The monoisotopic (exact) mass is 276 g/mol. The van der Waals surface area contributed by atoms with Gasteiger partial charge in [-0.05, 0) is 30.7 Å². The van der Waals surface area contributed by atoms with Gasteiger partial charge in [-0.3, -0.25) is 0 Å². The van der Waals surface area contributed by atoms with Crippen molar-refractivity contribution in [3.05, 3.63) is 46.0 Å². The predicted molar refractivity (Wildman–Crippen MR) is 74.0 cm³/mol. The van der Waals surface area contributed by atoms with Crippen LogP contribution in [0.25, 0.3) is 5.65 Å². The Bertz CT molecular complexity index is 704. The fourth-order valence-electron chi connectivity index (χ4n) is 1.81. The van der Waals surface area contributed by atoms with Crippen LogP contribution in [0.2, 0.25) is 0 Å². The molecule has 0 radical (unpaired) electrons. The summed E-state index contributed by atoms with van der Waals surface area (Å²) in [6.45, 7) is 2.82. The second-order valence-corrected chi connectivity index (χ2v) is 5.41. The number of fused-ring (bicyclic) bond motifs is 1. The van der Waals surface area contributed by atoms with Crippen LogP contribution in [0.15, 0.2) is 30.5 Å². The van der Waals surface area contributed by atoms with Gasteiger partial charge in [0.05, 0.1) is 12.7 Å². The number of hydrogen-bond acceptors (Lipinski definition) is 4. The maximum Gasteiger partial charge on any atom is 0.243 e. The lowest BCUT2D eigenvalue weighted by Crippen LogP contribution is -1.99. The van der Waals surface area contributed by atoms with Gasteiger partial charge >= 0.3 is 0 Å². The van der Waals surface area contributed by atoms with Crippen molar-refractivity contribution in [2.24, 2.45) is 0 Å². The third-order valence-corrected chi connectivity index (χ3v) is 4.01. The number of anilines is 1. The van der Waals surface area contributed by atoms with E-state index < -0.39 is 0 Å². The number of aromatic nitrogens is 3. The Morgan fingerprint density at radius 2 is 2.11 bits per heavy atom. The van der Waals surface area contributed by atoms with Crippen molar-refractivity contribution >= 4 is 22.9 Å². The van der Waals surface area contributed by atoms with Crippen molar-refractivity contribution in [1.29, 1.82) is 0 Å². The van der Waals surface area contributed by atoms with Crippen LogP contribution in [-0.4, -0.2) is 14.6 Å². The van der Waals surface area contributed by atoms with E-state index in [0.29, 0.717) is 18.1 Å². The van der Waals surface area contributed by atoms with Crippen LogP contribution in [0.5, 0.6) is 0 Å². The lowest BCUT2D eigenvalue weighted by molar-refractivity contribution is 0.615. The largest absolute Gasteiger partial charge is 0.348 e. The number of hydrogen-bond donors (Lipinski definition) is 1. The second kappa shape index (κ2) is 4.97. The summed E-state index contributed by atoms with van der Waals surface area (Å²) >= 11 is 1.78. The van der Waals surface area contributed by atoms with E-state index in [9.17, 15) is 4.39 Å². The summed E-state index contributed by atoms with van der Waals surface area (Å²) in [6.07, 6.45) is 2.37. The Balaban J connectivity index is 1.74. The van der Waals surface area contributed by atoms with Gasteiger partial charge < -0.3 is 5.32 Å². The molecule has 1 N–H and O–H groups in total. The molecule has 0 aliphatic heterocycles. The minimum Gasteiger partial charge on any atom is -0.348 e. The Morgan fingerprint density at radius 3 is 2.89 bits per heavy atom. The summed E-state index contributed by atoms with van der Waals surface area (Å²) in [5, 5.41) is 7.33. The first-order chi connectivity index (χ1) is 9.24. The number of rotatable bonds is 4. The van der Waals surface area contributed by atoms with Crippen LogP contribution in [0.3, 0.4) is 0 Å². The molecule has 3 aromatic rings. The minimum atomic E-state index is -0.324. The Morgan fingerprint density at radius 1 is 1.26 bits per heavy atom. The normalized spacial score (nSPS) is 11.1. The van der Waals surface area contributed by atoms with Crippen molar-refractivity contribution in [3.63, 3.8) is 0 Å². The van der Waals surface area contributed by atoms with E-state index in [2.05, 4.69) is 34.5 Å². The minimum absolute atomic E-state index is 0.324. The smallest absolute Gasteiger partial charge is 0.243 e. The molecule has 0 bridgehead atoms. The van der Waals surface area contributed by atoms with Crippen molar-refractivity contribution in [2.75, 3.05) is 5.32 Å². The Hall–Kier alpha value is -1.95. The standard InChI is InChI=1S/C13H13FN4S/c1-2-10-4-5-11(19-10)7-15-13-16-12-6-3-9(14)8-18(12)17-13/h3-6,8H,2,7H2,1H3,(H,15,17). The fraction of sp³-hybridized carbons (Fsp3) is 0.231. The summed E-state index contributed by atoms with van der Waals surface area (Å²) in [5.41, 5.74) is 0.629. The van der Waals surface area contributed by atoms with E-state index in [1.54, 1.807) is 17.4 Å². The molecule has 0 aliphatic carbocycles. The van der Waals surface area contributed by atoms with Gasteiger partial charge in [0.1, 0.15) is 5.82 Å². The van der Waals surface area contributed by atoms with Gasteiger partial charge in [0.15, 0.2) is 5.65 Å². The van der Waals surface area contributed by atoms with Gasteiger partial charge in [-0.15, -0.1) is 16.4 Å². The van der Waals surface area contributed by atoms with E-state index in [4.69, 9.17) is 0 Å². The van der Waals surface area contributed by atoms with E-state index in [-0.39, 0.29) is 5.82 Å². The van der Waals surface area contributed by atoms with E-state index in [1.165, 1.54) is 26.5 Å². The van der Waals surface area contributed by atoms with Gasteiger partial charge in [0, 0.05) is 9.75 Å². The van der Waals surface area contributed by atoms with E-state index >= 15 is 0 Å². The molecule has 0 unspecified atom stereocenters. The molecule has 0 saturated heterocycles. The zero-order chi connectivity index (χ0) is 13.2. The molecule has 0 atom stereocenters. The second-order valence-electron chi connectivity index (χ2n) is 4.16. The maximum absolute atomic E-state index is 13.0. The van der Waals surface area contributed by atoms with Crippen LogP contribution in [0.1, 0.15) is 16.7 Å². The molecule has 3 heterocycles. The summed E-state index contributed by atoms with van der Waals surface area (Å²) in [4.78, 5) is 6.88. The summed E-state index contributed by atoms with van der Waals surface area (Å²) in [6, 6.07) is 7.22. The van der Waals surface area contributed by atoms with Crippen LogP contribution in [0.4, 0.5) is 10.3 Å². The first kappa shape index (κ1) is 12.1. The lowest BCUT2D eigenvalue weighted by atomic mass is 10.4. The molecule has 0 spiro atoms. The van der Waals surface area contributed by atoms with Crippen molar-refractivity contribution in [2.45, 2.75) is 19.9 Å². The molecule has 3 rings (SSSR count). The molecule has 0 aromatic carbocycles. The van der Waals surface area contributed by atoms with Gasteiger partial charge in [-0.1, -0.05) is 6.92 Å². The molecule has 3 aromatic heterocycles. The number of halogens is 1. The molecular weight excluding hydrogens is 263 g/mol. The van der Waals surface area contributed by atoms with Crippen molar-refractivity contribution in [3.8, 4) is 0 Å². The van der Waals surface area contributed by atoms with Crippen LogP contribution in [0, 0.1) is 5.82 Å². The van der Waals surface area contributed by atoms with E-state index in [0.717, 1.165) is 6.42 Å². The average molecular weight is 276 g/mol. The topological polar surface area (TPSA) is 42.2 Å². The van der Waals surface area contributed by atoms with Gasteiger partial charge in [0.25, 0.3) is 0 Å². The van der Waals surface area contributed by atoms with Gasteiger partial charge in [0.2, 0.25) is 5.95 Å². The lowest BCUT2D eigenvalue weighted by Gasteiger charge is -1.97. The third kappa shape index (κ3) is 2.58. The van der Waals surface area contributed by atoms with Gasteiger partial charge in [-0.25, -0.2) is 8.91 Å². The quantitative estimate of drug-likeness (QED) is 0.796. The predicted octanol–water partition coefficient (Wildman–Crippen LogP) is 3.10. The summed E-state index contributed by atoms with van der Waals surface area (Å²) in [7, 11) is 0. The zero-order valence-electron chi connectivity index (χ0n) is 10.4. The molecule has 4 nitrogen and oxygen atoms in total. The number of aryl methyl sites for hydroxylation is 1. The number of nitrogens with zero attached hydrogens (tertiary/aromatic N) is 3. The highest BCUT2D eigenvalue weighted by Crippen LogP contribution is 2.18. The molecule has 19 heavy (non-hydrogen) atoms. The SMILES string of the molecule is CCc1ccc(CNc2nc3ccc(F)cn3n2)s1. The van der Waals surface area contributed by atoms with Crippen molar-refractivity contribution in [1.82, 2.24) is 14.6 Å².